The Balaban J connectivity index is 0. The molecule has 0 bridgehead atoms. The van der Waals surface area contributed by atoms with Gasteiger partial charge in [-0.05, 0) is 0 Å². The van der Waals surface area contributed by atoms with E-state index in [0.717, 1.165) is 0 Å². The standard InChI is InChI=1S/H2N.2S.W/h1H2;;;/q-1;;;. The molecule has 0 saturated carbocycles. The molecule has 0 saturated heterocycles. The van der Waals surface area contributed by atoms with Crippen LogP contribution in [0.3, 0.4) is 0 Å². The summed E-state index contributed by atoms with van der Waals surface area (Å²) in [6.45, 7) is 0. The molecule has 0 aliphatic carbocycles. The van der Waals surface area contributed by atoms with Gasteiger partial charge in [-0.3, -0.25) is 0 Å². The molecule has 0 unspecified atom stereocenters. The Morgan fingerprint density at radius 3 is 1.25 bits per heavy atom. The summed E-state index contributed by atoms with van der Waals surface area (Å²) in [5.41, 5.74) is 0. The zero-order chi connectivity index (χ0) is 2.71. The van der Waals surface area contributed by atoms with Gasteiger partial charge in [0.1, 0.15) is 0 Å². The molecule has 4 heavy (non-hydrogen) atoms. The molecule has 0 amide bonds. The van der Waals surface area contributed by atoms with Gasteiger partial charge >= 0.3 is 34.6 Å². The molecule has 0 aromatic rings. The number of nitrogens with two attached hydrogens (primary N) is 1. The maximum atomic E-state index is 4.38. The first-order valence-corrected chi connectivity index (χ1v) is 8.19. The fraction of sp³-hybridized carbons (Fsp3) is 0. The van der Waals surface area contributed by atoms with E-state index in [0.29, 0.717) is 0 Å². The second kappa shape index (κ2) is 8.94. The molecule has 0 fully saturated rings. The van der Waals surface area contributed by atoms with Crippen molar-refractivity contribution in [3.8, 4) is 0 Å². The molecule has 0 spiro atoms. The van der Waals surface area contributed by atoms with Crippen LogP contribution in [-0.2, 0) is 14.9 Å². The van der Waals surface area contributed by atoms with Crippen molar-refractivity contribution in [1.29, 1.82) is 0 Å². The average Bonchev–Trinajstić information content (AvgIpc) is 0.918. The Bertz CT molecular complexity index is 27.0. The minimum absolute atomic E-state index is 0. The molecule has 0 aromatic heterocycles. The molecular formula is H2NS2W-. The molecule has 0 aliphatic rings. The van der Waals surface area contributed by atoms with E-state index in [4.69, 9.17) is 0 Å². The van der Waals surface area contributed by atoms with E-state index in [9.17, 15) is 0 Å². The Morgan fingerprint density at radius 2 is 1.25 bits per heavy atom. The van der Waals surface area contributed by atoms with Crippen molar-refractivity contribution in [2.45, 2.75) is 0 Å². The van der Waals surface area contributed by atoms with Gasteiger partial charge < -0.3 is 6.15 Å². The predicted octanol–water partition coefficient (Wildman–Crippen LogP) is 2.01. The van der Waals surface area contributed by atoms with Crippen LogP contribution in [0.4, 0.5) is 0 Å². The van der Waals surface area contributed by atoms with Crippen LogP contribution in [0.15, 0.2) is 0 Å². The quantitative estimate of drug-likeness (QED) is 0.670. The normalized spacial score (nSPS) is 3.00. The van der Waals surface area contributed by atoms with Crippen LogP contribution in [0.5, 0.6) is 0 Å². The van der Waals surface area contributed by atoms with Gasteiger partial charge in [-0.2, -0.15) is 0 Å². The second-order valence-electron chi connectivity index (χ2n) is 0.0680. The molecule has 2 N–H and O–H groups in total. The molecule has 0 heterocycles. The molecule has 4 heteroatoms. The summed E-state index contributed by atoms with van der Waals surface area (Å²) in [5.74, 6) is 0. The molecule has 26 valence electrons. The monoisotopic (exact) mass is 264 g/mol. The number of rotatable bonds is 0. The van der Waals surface area contributed by atoms with Gasteiger partial charge in [0.25, 0.3) is 0 Å². The molecule has 0 aliphatic heterocycles. The molecule has 0 rings (SSSR count). The fourth-order valence-corrected chi connectivity index (χ4v) is 0. The van der Waals surface area contributed by atoms with Crippen molar-refractivity contribution in [3.63, 3.8) is 0 Å². The first kappa shape index (κ1) is 8.92. The van der Waals surface area contributed by atoms with Crippen LogP contribution in [0, 0.1) is 0 Å². The van der Waals surface area contributed by atoms with E-state index < -0.39 is 14.9 Å². The SMILES string of the molecule is [NH2-].[S]=[W]=[S]. The number of hydrogen-bond acceptors (Lipinski definition) is 2. The van der Waals surface area contributed by atoms with Crippen molar-refractivity contribution in [2.24, 2.45) is 0 Å². The predicted molar refractivity (Wildman–Crippen MR) is 20.5 cm³/mol. The topological polar surface area (TPSA) is 33.5 Å². The molecule has 0 aromatic carbocycles. The van der Waals surface area contributed by atoms with Crippen LogP contribution in [-0.4, -0.2) is 0 Å². The summed E-state index contributed by atoms with van der Waals surface area (Å²) in [6, 6.07) is 0. The molecule has 1 nitrogen and oxygen atoms in total. The minimum atomic E-state index is -0.583. The van der Waals surface area contributed by atoms with Crippen molar-refractivity contribution in [3.05, 3.63) is 6.15 Å². The Labute approximate surface area is 40.8 Å². The zero-order valence-electron chi connectivity index (χ0n) is 1.80. The molecule has 0 atom stereocenters. The van der Waals surface area contributed by atoms with Crippen molar-refractivity contribution in [1.82, 2.24) is 0 Å². The Morgan fingerprint density at radius 1 is 1.25 bits per heavy atom. The third kappa shape index (κ3) is 11.4. The van der Waals surface area contributed by atoms with Crippen molar-refractivity contribution < 1.29 is 14.9 Å². The van der Waals surface area contributed by atoms with E-state index in [1.165, 1.54) is 0 Å². The van der Waals surface area contributed by atoms with Crippen LogP contribution >= 0.6 is 19.6 Å². The molecular weight excluding hydrogens is 262 g/mol. The van der Waals surface area contributed by atoms with E-state index in [1.807, 2.05) is 0 Å². The fourth-order valence-electron chi connectivity index (χ4n) is 0. The van der Waals surface area contributed by atoms with E-state index >= 15 is 0 Å². The summed E-state index contributed by atoms with van der Waals surface area (Å²) in [4.78, 5) is 0. The maximum absolute atomic E-state index is 4.38. The zero-order valence-corrected chi connectivity index (χ0v) is 6.37. The second-order valence-corrected chi connectivity index (χ2v) is 5.01. The van der Waals surface area contributed by atoms with Gasteiger partial charge in [-0.15, -0.1) is 0 Å². The summed E-state index contributed by atoms with van der Waals surface area (Å²) in [7, 11) is 8.75. The molecule has 0 radical (unpaired) electrons. The first-order chi connectivity index (χ1) is 1.41. The number of hydrogen-bond donors (Lipinski definition) is 0. The van der Waals surface area contributed by atoms with Crippen LogP contribution in [0.2, 0.25) is 0 Å². The summed E-state index contributed by atoms with van der Waals surface area (Å²) >= 11 is -0.583. The van der Waals surface area contributed by atoms with Crippen molar-refractivity contribution in [2.75, 3.05) is 0 Å². The van der Waals surface area contributed by atoms with Gasteiger partial charge in [0.05, 0.1) is 0 Å². The third-order valence-corrected chi connectivity index (χ3v) is 0. The van der Waals surface area contributed by atoms with Crippen LogP contribution in [0.25, 0.3) is 6.15 Å². The van der Waals surface area contributed by atoms with Crippen LogP contribution in [0.1, 0.15) is 0 Å². The van der Waals surface area contributed by atoms with E-state index in [1.54, 1.807) is 0 Å². The summed E-state index contributed by atoms with van der Waals surface area (Å²) in [5, 5.41) is 0. The van der Waals surface area contributed by atoms with Gasteiger partial charge in [-0.1, -0.05) is 0 Å². The Hall–Kier alpha value is 1.09. The van der Waals surface area contributed by atoms with Gasteiger partial charge in [0, 0.05) is 0 Å². The van der Waals surface area contributed by atoms with E-state index in [-0.39, 0.29) is 6.15 Å². The van der Waals surface area contributed by atoms with Gasteiger partial charge in [0.15, 0.2) is 0 Å². The van der Waals surface area contributed by atoms with Gasteiger partial charge in [0.2, 0.25) is 0 Å². The summed E-state index contributed by atoms with van der Waals surface area (Å²) in [6.07, 6.45) is 0. The van der Waals surface area contributed by atoms with Crippen LogP contribution < -0.4 is 0 Å². The Kier molecular flexibility index (Phi) is 19.9. The van der Waals surface area contributed by atoms with Gasteiger partial charge in [-0.25, -0.2) is 0 Å². The first-order valence-electron chi connectivity index (χ1n) is 0.333. The summed E-state index contributed by atoms with van der Waals surface area (Å²) < 4.78 is 0. The van der Waals surface area contributed by atoms with E-state index in [2.05, 4.69) is 19.6 Å². The third-order valence-electron chi connectivity index (χ3n) is 0. The average molecular weight is 264 g/mol. The van der Waals surface area contributed by atoms with Crippen molar-refractivity contribution >= 4 is 19.6 Å².